The molecule has 0 radical (unpaired) electrons. The predicted octanol–water partition coefficient (Wildman–Crippen LogP) is 2.13. The average Bonchev–Trinajstić information content (AvgIpc) is 2.74. The monoisotopic (exact) mass is 165 g/mol. The molecule has 3 unspecified atom stereocenters. The molecule has 1 aliphatic heterocycles. The van der Waals surface area contributed by atoms with Crippen molar-refractivity contribution in [2.75, 3.05) is 13.1 Å². The minimum atomic E-state index is 1.02. The van der Waals surface area contributed by atoms with Gasteiger partial charge in [0, 0.05) is 19.1 Å². The van der Waals surface area contributed by atoms with Gasteiger partial charge in [0.1, 0.15) is 0 Å². The van der Waals surface area contributed by atoms with Gasteiger partial charge in [-0.15, -0.1) is 0 Å². The summed E-state index contributed by atoms with van der Waals surface area (Å²) in [5.74, 6) is 3.27. The van der Waals surface area contributed by atoms with E-state index >= 15 is 0 Å². The third kappa shape index (κ3) is 0.953. The summed E-state index contributed by atoms with van der Waals surface area (Å²) < 4.78 is 0. The molecule has 1 heteroatoms. The van der Waals surface area contributed by atoms with E-state index in [2.05, 4.69) is 11.8 Å². The van der Waals surface area contributed by atoms with E-state index in [0.29, 0.717) is 0 Å². The van der Waals surface area contributed by atoms with Crippen LogP contribution in [0.5, 0.6) is 0 Å². The van der Waals surface area contributed by atoms with E-state index in [4.69, 9.17) is 0 Å². The van der Waals surface area contributed by atoms with Crippen molar-refractivity contribution in [3.63, 3.8) is 0 Å². The predicted molar refractivity (Wildman–Crippen MR) is 50.0 cm³/mol. The maximum Gasteiger partial charge on any atom is 0.0132 e. The van der Waals surface area contributed by atoms with Crippen molar-refractivity contribution in [2.45, 2.75) is 38.6 Å². The Morgan fingerprint density at radius 2 is 1.92 bits per heavy atom. The molecule has 3 atom stereocenters. The Bertz CT molecular complexity index is 181. The van der Waals surface area contributed by atoms with E-state index in [-0.39, 0.29) is 0 Å². The molecule has 0 aromatic rings. The fourth-order valence-corrected chi connectivity index (χ4v) is 3.26. The van der Waals surface area contributed by atoms with E-state index in [1.54, 1.807) is 12.8 Å². The van der Waals surface area contributed by atoms with Crippen molar-refractivity contribution in [1.82, 2.24) is 4.90 Å². The van der Waals surface area contributed by atoms with E-state index in [9.17, 15) is 0 Å². The molecule has 0 bridgehead atoms. The molecule has 1 nitrogen and oxygen atoms in total. The van der Waals surface area contributed by atoms with Crippen LogP contribution < -0.4 is 0 Å². The van der Waals surface area contributed by atoms with Crippen molar-refractivity contribution < 1.29 is 0 Å². The Hall–Kier alpha value is -0.0400. The van der Waals surface area contributed by atoms with Gasteiger partial charge in [-0.2, -0.15) is 0 Å². The van der Waals surface area contributed by atoms with E-state index in [0.717, 1.165) is 23.8 Å². The van der Waals surface area contributed by atoms with Crippen molar-refractivity contribution in [3.05, 3.63) is 0 Å². The lowest BCUT2D eigenvalue weighted by atomic mass is 9.58. The lowest BCUT2D eigenvalue weighted by Crippen LogP contribution is -2.50. The highest BCUT2D eigenvalue weighted by Crippen LogP contribution is 2.50. The fraction of sp³-hybridized carbons (Fsp3) is 1.00. The first-order chi connectivity index (χ1) is 5.86. The quantitative estimate of drug-likeness (QED) is 0.566. The molecule has 1 saturated heterocycles. The van der Waals surface area contributed by atoms with Crippen LogP contribution in [0.25, 0.3) is 0 Å². The van der Waals surface area contributed by atoms with Crippen LogP contribution in [0.15, 0.2) is 0 Å². The summed E-state index contributed by atoms with van der Waals surface area (Å²) >= 11 is 0. The Kier molecular flexibility index (Phi) is 1.52. The van der Waals surface area contributed by atoms with Gasteiger partial charge in [-0.05, 0) is 24.2 Å². The van der Waals surface area contributed by atoms with Crippen LogP contribution in [0, 0.1) is 17.8 Å². The molecule has 3 aliphatic rings. The first-order valence-corrected chi connectivity index (χ1v) is 5.60. The Morgan fingerprint density at radius 3 is 2.33 bits per heavy atom. The number of hydrogen-bond acceptors (Lipinski definition) is 1. The summed E-state index contributed by atoms with van der Waals surface area (Å²) in [7, 11) is 0. The zero-order valence-corrected chi connectivity index (χ0v) is 8.00. The Labute approximate surface area is 75.1 Å². The number of rotatable bonds is 2. The molecule has 3 rings (SSSR count). The minimum Gasteiger partial charge on any atom is -0.298 e. The van der Waals surface area contributed by atoms with Gasteiger partial charge in [0.05, 0.1) is 0 Å². The second-order valence-electron chi connectivity index (χ2n) is 5.08. The third-order valence-electron chi connectivity index (χ3n) is 4.36. The molecular weight excluding hydrogens is 146 g/mol. The summed E-state index contributed by atoms with van der Waals surface area (Å²) in [5.41, 5.74) is 0. The molecule has 3 fully saturated rings. The topological polar surface area (TPSA) is 3.01 Å². The highest BCUT2D eigenvalue weighted by molar-refractivity contribution is 5.02. The molecule has 0 aromatic heterocycles. The zero-order chi connectivity index (χ0) is 8.13. The van der Waals surface area contributed by atoms with Crippen LogP contribution in [0.3, 0.4) is 0 Å². The van der Waals surface area contributed by atoms with Crippen LogP contribution in [-0.2, 0) is 0 Å². The van der Waals surface area contributed by atoms with Gasteiger partial charge in [-0.1, -0.05) is 26.2 Å². The van der Waals surface area contributed by atoms with Crippen molar-refractivity contribution in [2.24, 2.45) is 17.8 Å². The van der Waals surface area contributed by atoms with E-state index < -0.39 is 0 Å². The van der Waals surface area contributed by atoms with Gasteiger partial charge in [0.2, 0.25) is 0 Å². The van der Waals surface area contributed by atoms with Crippen LogP contribution in [0.1, 0.15) is 32.6 Å². The molecule has 1 heterocycles. The first kappa shape index (κ1) is 7.37. The summed E-state index contributed by atoms with van der Waals surface area (Å²) in [6.45, 7) is 5.27. The maximum absolute atomic E-state index is 2.68. The fourth-order valence-electron chi connectivity index (χ4n) is 3.26. The Balaban J connectivity index is 1.64. The largest absolute Gasteiger partial charge is 0.298 e. The molecule has 0 amide bonds. The average molecular weight is 165 g/mol. The number of hydrogen-bond donors (Lipinski definition) is 0. The summed E-state index contributed by atoms with van der Waals surface area (Å²) in [4.78, 5) is 2.68. The summed E-state index contributed by atoms with van der Waals surface area (Å²) in [5, 5.41) is 0. The first-order valence-electron chi connectivity index (χ1n) is 5.60. The molecular formula is C11H19N. The smallest absolute Gasteiger partial charge is 0.0132 e. The maximum atomic E-state index is 2.68. The molecule has 0 aromatic carbocycles. The Morgan fingerprint density at radius 1 is 1.17 bits per heavy atom. The van der Waals surface area contributed by atoms with Crippen LogP contribution >= 0.6 is 0 Å². The lowest BCUT2D eigenvalue weighted by Gasteiger charge is -2.51. The third-order valence-corrected chi connectivity index (χ3v) is 4.36. The highest BCUT2D eigenvalue weighted by Gasteiger charge is 2.49. The van der Waals surface area contributed by atoms with Gasteiger partial charge < -0.3 is 0 Å². The zero-order valence-electron chi connectivity index (χ0n) is 8.00. The van der Waals surface area contributed by atoms with Crippen molar-refractivity contribution >= 4 is 0 Å². The van der Waals surface area contributed by atoms with Crippen LogP contribution in [0.4, 0.5) is 0 Å². The lowest BCUT2D eigenvalue weighted by molar-refractivity contribution is -0.00463. The molecule has 0 N–H and O–H groups in total. The number of nitrogens with zero attached hydrogens (tertiary/aromatic N) is 1. The summed E-state index contributed by atoms with van der Waals surface area (Å²) in [6, 6.07) is 1.02. The molecule has 2 saturated carbocycles. The standard InChI is InChI=1S/C11H19N/c1-8-7-10(12-5-6-12)11(8)9-3-2-4-9/h8-11H,2-7H2,1H3. The van der Waals surface area contributed by atoms with E-state index in [1.807, 2.05) is 0 Å². The SMILES string of the molecule is CC1CC(N2CC2)C1C1CCC1. The molecule has 68 valence electrons. The van der Waals surface area contributed by atoms with Crippen molar-refractivity contribution in [1.29, 1.82) is 0 Å². The van der Waals surface area contributed by atoms with Crippen LogP contribution in [-0.4, -0.2) is 24.0 Å². The second kappa shape index (κ2) is 2.47. The van der Waals surface area contributed by atoms with Gasteiger partial charge in [-0.3, -0.25) is 4.90 Å². The van der Waals surface area contributed by atoms with E-state index in [1.165, 1.54) is 25.9 Å². The van der Waals surface area contributed by atoms with Gasteiger partial charge in [0.15, 0.2) is 0 Å². The van der Waals surface area contributed by atoms with Crippen LogP contribution in [0.2, 0.25) is 0 Å². The van der Waals surface area contributed by atoms with Gasteiger partial charge in [0.25, 0.3) is 0 Å². The molecule has 12 heavy (non-hydrogen) atoms. The van der Waals surface area contributed by atoms with Gasteiger partial charge in [-0.25, -0.2) is 0 Å². The van der Waals surface area contributed by atoms with Gasteiger partial charge >= 0.3 is 0 Å². The highest BCUT2D eigenvalue weighted by atomic mass is 15.3. The second-order valence-corrected chi connectivity index (χ2v) is 5.08. The normalized spacial score (nSPS) is 48.2. The molecule has 0 spiro atoms. The minimum absolute atomic E-state index is 1.02. The van der Waals surface area contributed by atoms with Crippen molar-refractivity contribution in [3.8, 4) is 0 Å². The summed E-state index contributed by atoms with van der Waals surface area (Å²) in [6.07, 6.45) is 6.10. The molecule has 2 aliphatic carbocycles.